The number of rotatable bonds is 2. The Kier molecular flexibility index (Phi) is 5.82. The monoisotopic (exact) mass is 348 g/mol. The third-order valence-corrected chi connectivity index (χ3v) is 4.26. The molecule has 2 rings (SSSR count). The number of carbonyl (C=O) groups is 3. The molecule has 1 fully saturated rings. The summed E-state index contributed by atoms with van der Waals surface area (Å²) in [7, 11) is 0. The minimum absolute atomic E-state index is 0.310. The molecule has 6 heteroatoms. The van der Waals surface area contributed by atoms with E-state index in [2.05, 4.69) is 6.58 Å². The van der Waals surface area contributed by atoms with Crippen molar-refractivity contribution in [2.24, 2.45) is 5.92 Å². The first-order valence-electron chi connectivity index (χ1n) is 8.26. The van der Waals surface area contributed by atoms with Crippen molar-refractivity contribution in [3.63, 3.8) is 0 Å². The van der Waals surface area contributed by atoms with Gasteiger partial charge < -0.3 is 14.2 Å². The third kappa shape index (κ3) is 4.81. The number of esters is 3. The van der Waals surface area contributed by atoms with Gasteiger partial charge in [-0.15, -0.1) is 0 Å². The Bertz CT molecular complexity index is 657. The van der Waals surface area contributed by atoms with Crippen LogP contribution >= 0.6 is 0 Å². The van der Waals surface area contributed by atoms with Gasteiger partial charge in [-0.25, -0.2) is 4.79 Å². The van der Waals surface area contributed by atoms with E-state index in [1.54, 1.807) is 0 Å². The lowest BCUT2D eigenvalue weighted by molar-refractivity contribution is -0.149. The van der Waals surface area contributed by atoms with Gasteiger partial charge in [0.1, 0.15) is 18.3 Å². The summed E-state index contributed by atoms with van der Waals surface area (Å²) in [6, 6.07) is 0. The third-order valence-electron chi connectivity index (χ3n) is 4.26. The molecular weight excluding hydrogens is 324 g/mol. The second kappa shape index (κ2) is 7.68. The number of hydrogen-bond acceptors (Lipinski definition) is 6. The van der Waals surface area contributed by atoms with Crippen LogP contribution in [0.2, 0.25) is 0 Å². The lowest BCUT2D eigenvalue weighted by Gasteiger charge is -2.27. The number of ether oxygens (including phenoxy) is 3. The van der Waals surface area contributed by atoms with E-state index in [0.29, 0.717) is 18.4 Å². The van der Waals surface area contributed by atoms with Crippen LogP contribution < -0.4 is 0 Å². The maximum absolute atomic E-state index is 12.0. The number of hydrogen-bond donors (Lipinski definition) is 0. The maximum atomic E-state index is 12.0. The van der Waals surface area contributed by atoms with E-state index in [-0.39, 0.29) is 5.97 Å². The highest BCUT2D eigenvalue weighted by atomic mass is 16.6. The second-order valence-corrected chi connectivity index (χ2v) is 6.65. The van der Waals surface area contributed by atoms with Crippen molar-refractivity contribution in [2.45, 2.75) is 58.8 Å². The van der Waals surface area contributed by atoms with Crippen LogP contribution in [0.4, 0.5) is 0 Å². The molecule has 6 nitrogen and oxygen atoms in total. The molecule has 0 aromatic carbocycles. The highest BCUT2D eigenvalue weighted by Gasteiger charge is 2.44. The topological polar surface area (TPSA) is 78.9 Å². The summed E-state index contributed by atoms with van der Waals surface area (Å²) in [5, 5.41) is 0. The van der Waals surface area contributed by atoms with Crippen LogP contribution in [0.15, 0.2) is 35.5 Å². The lowest BCUT2D eigenvalue weighted by Crippen LogP contribution is -2.33. The average molecular weight is 348 g/mol. The molecule has 0 aromatic rings. The molecule has 136 valence electrons. The van der Waals surface area contributed by atoms with Crippen LogP contribution in [-0.2, 0) is 28.6 Å². The van der Waals surface area contributed by atoms with Crippen LogP contribution in [0.5, 0.6) is 0 Å². The Morgan fingerprint density at radius 2 is 1.68 bits per heavy atom. The second-order valence-electron chi connectivity index (χ2n) is 6.65. The molecule has 0 spiro atoms. The van der Waals surface area contributed by atoms with E-state index >= 15 is 0 Å². The van der Waals surface area contributed by atoms with Gasteiger partial charge in [0, 0.05) is 32.3 Å². The number of carbonyl (C=O) groups excluding carboxylic acids is 3. The van der Waals surface area contributed by atoms with Crippen molar-refractivity contribution in [1.29, 1.82) is 0 Å². The summed E-state index contributed by atoms with van der Waals surface area (Å²) < 4.78 is 16.2. The molecule has 4 atom stereocenters. The van der Waals surface area contributed by atoms with Gasteiger partial charge in [-0.3, -0.25) is 9.59 Å². The molecule has 0 saturated carbocycles. The van der Waals surface area contributed by atoms with Crippen molar-refractivity contribution in [3.05, 3.63) is 35.5 Å². The predicted molar refractivity (Wildman–Crippen MR) is 90.4 cm³/mol. The summed E-state index contributed by atoms with van der Waals surface area (Å²) in [5.41, 5.74) is 2.12. The minimum atomic E-state index is -0.571. The van der Waals surface area contributed by atoms with Gasteiger partial charge in [-0.05, 0) is 26.0 Å². The molecule has 0 bridgehead atoms. The molecule has 2 aliphatic rings. The highest BCUT2D eigenvalue weighted by Crippen LogP contribution is 2.36. The molecule has 0 radical (unpaired) electrons. The van der Waals surface area contributed by atoms with Crippen LogP contribution in [0.25, 0.3) is 0 Å². The van der Waals surface area contributed by atoms with Gasteiger partial charge in [0.25, 0.3) is 0 Å². The highest BCUT2D eigenvalue weighted by molar-refractivity contribution is 5.91. The quantitative estimate of drug-likeness (QED) is 0.330. The number of fused-ring (bicyclic) bond motifs is 1. The Morgan fingerprint density at radius 1 is 1.08 bits per heavy atom. The summed E-state index contributed by atoms with van der Waals surface area (Å²) in [6.45, 7) is 10.3. The Morgan fingerprint density at radius 3 is 2.28 bits per heavy atom. The average Bonchev–Trinajstić information content (AvgIpc) is 2.70. The first-order chi connectivity index (χ1) is 11.7. The molecule has 0 unspecified atom stereocenters. The van der Waals surface area contributed by atoms with E-state index in [1.165, 1.54) is 13.8 Å². The predicted octanol–water partition coefficient (Wildman–Crippen LogP) is 2.63. The van der Waals surface area contributed by atoms with Crippen molar-refractivity contribution >= 4 is 17.9 Å². The SMILES string of the molecule is C=C1C(=O)O[C@@H]2/C=C(/C)C[C@H](OC(C)=O)/C=C(/C)C[C@@H](OC(C)=O)[C@@H]12. The van der Waals surface area contributed by atoms with E-state index < -0.39 is 36.2 Å². The molecule has 25 heavy (non-hydrogen) atoms. The Balaban J connectivity index is 2.42. The van der Waals surface area contributed by atoms with Crippen molar-refractivity contribution in [3.8, 4) is 0 Å². The molecule has 0 aromatic heterocycles. The van der Waals surface area contributed by atoms with Crippen molar-refractivity contribution in [2.75, 3.05) is 0 Å². The van der Waals surface area contributed by atoms with Crippen molar-refractivity contribution in [1.82, 2.24) is 0 Å². The molecule has 0 N–H and O–H groups in total. The zero-order valence-corrected chi connectivity index (χ0v) is 15.0. The molecule has 1 saturated heterocycles. The fraction of sp³-hybridized carbons (Fsp3) is 0.526. The fourth-order valence-corrected chi connectivity index (χ4v) is 3.35. The van der Waals surface area contributed by atoms with Crippen LogP contribution in [0, 0.1) is 5.92 Å². The standard InChI is InChI=1S/C19H24O6/c1-10-6-15(23-13(4)20)7-11(2)9-17-18(12(3)19(22)25-17)16(8-10)24-14(5)21/h6,9,15-18H,3,7-8H2,1-2,4-5H3/b10-6-,11-9-/t15-,16-,17-,18-/m1/s1. The maximum Gasteiger partial charge on any atom is 0.334 e. The summed E-state index contributed by atoms with van der Waals surface area (Å²) >= 11 is 0. The molecule has 0 amide bonds. The normalized spacial score (nSPS) is 33.9. The molecule has 1 heterocycles. The van der Waals surface area contributed by atoms with Gasteiger partial charge in [0.15, 0.2) is 0 Å². The van der Waals surface area contributed by atoms with Gasteiger partial charge >= 0.3 is 17.9 Å². The Hall–Kier alpha value is -2.37. The zero-order chi connectivity index (χ0) is 18.7. The van der Waals surface area contributed by atoms with Gasteiger partial charge in [-0.1, -0.05) is 17.7 Å². The first-order valence-corrected chi connectivity index (χ1v) is 8.26. The molecule has 1 aliphatic carbocycles. The van der Waals surface area contributed by atoms with E-state index in [1.807, 2.05) is 26.0 Å². The molecular formula is C19H24O6. The van der Waals surface area contributed by atoms with Crippen molar-refractivity contribution < 1.29 is 28.6 Å². The van der Waals surface area contributed by atoms with Gasteiger partial charge in [0.05, 0.1) is 5.92 Å². The van der Waals surface area contributed by atoms with E-state index in [0.717, 1.165) is 11.1 Å². The Labute approximate surface area is 147 Å². The largest absolute Gasteiger partial charge is 0.461 e. The minimum Gasteiger partial charge on any atom is -0.461 e. The van der Waals surface area contributed by atoms with E-state index in [9.17, 15) is 14.4 Å². The summed E-state index contributed by atoms with van der Waals surface area (Å²) in [6.07, 6.45) is 3.05. The first kappa shape index (κ1) is 19.0. The van der Waals surface area contributed by atoms with Crippen LogP contribution in [0.1, 0.15) is 40.5 Å². The smallest absolute Gasteiger partial charge is 0.334 e. The lowest BCUT2D eigenvalue weighted by atomic mass is 9.85. The van der Waals surface area contributed by atoms with Gasteiger partial charge in [-0.2, -0.15) is 0 Å². The van der Waals surface area contributed by atoms with E-state index in [4.69, 9.17) is 14.2 Å². The fourth-order valence-electron chi connectivity index (χ4n) is 3.35. The van der Waals surface area contributed by atoms with Crippen LogP contribution in [0.3, 0.4) is 0 Å². The summed E-state index contributed by atoms with van der Waals surface area (Å²) in [5.74, 6) is -1.71. The van der Waals surface area contributed by atoms with Crippen LogP contribution in [-0.4, -0.2) is 36.2 Å². The molecule has 1 aliphatic heterocycles. The summed E-state index contributed by atoms with van der Waals surface area (Å²) in [4.78, 5) is 34.9. The zero-order valence-electron chi connectivity index (χ0n) is 15.0. The van der Waals surface area contributed by atoms with Gasteiger partial charge in [0.2, 0.25) is 0 Å².